The monoisotopic (exact) mass is 367 g/mol. The second-order valence-corrected chi connectivity index (χ2v) is 7.24. The molecule has 0 fully saturated rings. The van der Waals surface area contributed by atoms with Crippen molar-refractivity contribution in [2.24, 2.45) is 4.99 Å². The number of hydrogen-bond acceptors (Lipinski definition) is 3. The Balaban J connectivity index is 1.48. The van der Waals surface area contributed by atoms with Crippen LogP contribution in [0.25, 0.3) is 0 Å². The van der Waals surface area contributed by atoms with Crippen molar-refractivity contribution in [2.75, 3.05) is 20.6 Å². The van der Waals surface area contributed by atoms with Crippen LogP contribution in [0.15, 0.2) is 65.5 Å². The van der Waals surface area contributed by atoms with Gasteiger partial charge < -0.3 is 14.8 Å². The first-order valence-electron chi connectivity index (χ1n) is 8.72. The molecule has 3 aromatic rings. The van der Waals surface area contributed by atoms with E-state index in [9.17, 15) is 0 Å². The molecular weight excluding hydrogens is 342 g/mol. The van der Waals surface area contributed by atoms with Crippen molar-refractivity contribution in [3.63, 3.8) is 0 Å². The molecule has 0 bridgehead atoms. The van der Waals surface area contributed by atoms with Gasteiger partial charge in [-0.25, -0.2) is 4.98 Å². The molecule has 0 aliphatic carbocycles. The van der Waals surface area contributed by atoms with E-state index in [4.69, 9.17) is 0 Å². The van der Waals surface area contributed by atoms with Gasteiger partial charge in [0.15, 0.2) is 5.96 Å². The number of nitrogens with one attached hydrogen (secondary N) is 1. The summed E-state index contributed by atoms with van der Waals surface area (Å²) in [6.45, 7) is 2.56. The fourth-order valence-corrected chi connectivity index (χ4v) is 3.46. The van der Waals surface area contributed by atoms with E-state index in [0.29, 0.717) is 0 Å². The Morgan fingerprint density at radius 2 is 2.04 bits per heavy atom. The molecule has 2 heterocycles. The van der Waals surface area contributed by atoms with Crippen LogP contribution < -0.4 is 5.32 Å². The van der Waals surface area contributed by atoms with Crippen molar-refractivity contribution in [1.82, 2.24) is 19.8 Å². The van der Waals surface area contributed by atoms with Crippen LogP contribution in [0.1, 0.15) is 16.0 Å². The molecule has 0 spiro atoms. The number of likely N-dealkylation sites (N-methyl/N-ethyl adjacent to an activating group) is 1. The third kappa shape index (κ3) is 5.20. The van der Waals surface area contributed by atoms with Gasteiger partial charge in [-0.2, -0.15) is 0 Å². The average molecular weight is 368 g/mol. The Morgan fingerprint density at radius 1 is 1.23 bits per heavy atom. The summed E-state index contributed by atoms with van der Waals surface area (Å²) in [7, 11) is 3.91. The number of guanidine groups is 1. The second kappa shape index (κ2) is 9.20. The van der Waals surface area contributed by atoms with Crippen LogP contribution >= 0.6 is 11.3 Å². The summed E-state index contributed by atoms with van der Waals surface area (Å²) in [5.41, 5.74) is 2.51. The van der Waals surface area contributed by atoms with Gasteiger partial charge in [-0.3, -0.25) is 4.99 Å². The number of nitrogens with zero attached hydrogens (tertiary/aromatic N) is 4. The highest BCUT2D eigenvalue weighted by atomic mass is 32.1. The van der Waals surface area contributed by atoms with Crippen molar-refractivity contribution in [2.45, 2.75) is 19.5 Å². The first-order valence-corrected chi connectivity index (χ1v) is 9.60. The van der Waals surface area contributed by atoms with E-state index in [1.54, 1.807) is 17.5 Å². The van der Waals surface area contributed by atoms with Gasteiger partial charge in [0.2, 0.25) is 0 Å². The van der Waals surface area contributed by atoms with Crippen LogP contribution in [-0.2, 0) is 19.5 Å². The largest absolute Gasteiger partial charge is 0.352 e. The van der Waals surface area contributed by atoms with E-state index in [1.165, 1.54) is 16.0 Å². The lowest BCUT2D eigenvalue weighted by Crippen LogP contribution is -2.39. The number of rotatable bonds is 7. The quantitative estimate of drug-likeness (QED) is 0.515. The molecule has 1 aromatic carbocycles. The van der Waals surface area contributed by atoms with Crippen molar-refractivity contribution >= 4 is 17.3 Å². The van der Waals surface area contributed by atoms with Crippen LogP contribution in [0, 0.1) is 0 Å². The van der Waals surface area contributed by atoms with Gasteiger partial charge in [-0.15, -0.1) is 11.3 Å². The normalized spacial score (nSPS) is 11.5. The predicted octanol–water partition coefficient (Wildman–Crippen LogP) is 3.24. The van der Waals surface area contributed by atoms with Crippen LogP contribution in [-0.4, -0.2) is 41.1 Å². The Kier molecular flexibility index (Phi) is 6.44. The third-order valence-electron chi connectivity index (χ3n) is 4.25. The molecule has 0 unspecified atom stereocenters. The number of aromatic nitrogens is 2. The van der Waals surface area contributed by atoms with Gasteiger partial charge in [0, 0.05) is 51.0 Å². The van der Waals surface area contributed by atoms with Gasteiger partial charge in [0.05, 0.1) is 6.33 Å². The molecule has 1 N–H and O–H groups in total. The molecule has 0 amide bonds. The molecule has 2 aromatic heterocycles. The van der Waals surface area contributed by atoms with E-state index in [-0.39, 0.29) is 0 Å². The van der Waals surface area contributed by atoms with Gasteiger partial charge in [0.1, 0.15) is 0 Å². The Hall–Kier alpha value is -2.60. The summed E-state index contributed by atoms with van der Waals surface area (Å²) in [5, 5.41) is 5.57. The number of aliphatic imine (C=N–C) groups is 1. The zero-order chi connectivity index (χ0) is 18.2. The standard InChI is InChI=1S/C20H25N5S/c1-21-20(24(2)11-9-19-4-3-13-26-19)23-14-17-5-7-18(8-6-17)15-25-12-10-22-16-25/h3-8,10,12-13,16H,9,11,14-15H2,1-2H3,(H,21,23). The number of thiophene rings is 1. The smallest absolute Gasteiger partial charge is 0.193 e. The minimum atomic E-state index is 0.765. The Labute approximate surface area is 159 Å². The number of benzene rings is 1. The Morgan fingerprint density at radius 3 is 2.69 bits per heavy atom. The summed E-state index contributed by atoms with van der Waals surface area (Å²) >= 11 is 1.80. The maximum atomic E-state index is 4.40. The molecule has 0 radical (unpaired) electrons. The molecule has 5 nitrogen and oxygen atoms in total. The van der Waals surface area contributed by atoms with E-state index in [1.807, 2.05) is 19.6 Å². The number of imidazole rings is 1. The SMILES string of the molecule is CN=C(NCc1ccc(Cn2ccnc2)cc1)N(C)CCc1cccs1. The van der Waals surface area contributed by atoms with Gasteiger partial charge in [-0.05, 0) is 29.0 Å². The summed E-state index contributed by atoms with van der Waals surface area (Å²) in [6, 6.07) is 12.9. The first kappa shape index (κ1) is 18.2. The molecule has 0 aliphatic heterocycles. The molecule has 0 aliphatic rings. The molecule has 6 heteroatoms. The van der Waals surface area contributed by atoms with Crippen LogP contribution in [0.4, 0.5) is 0 Å². The maximum absolute atomic E-state index is 4.40. The van der Waals surface area contributed by atoms with Crippen molar-refractivity contribution in [1.29, 1.82) is 0 Å². The topological polar surface area (TPSA) is 45.5 Å². The lowest BCUT2D eigenvalue weighted by atomic mass is 10.1. The Bertz CT molecular complexity index is 791. The van der Waals surface area contributed by atoms with Crippen LogP contribution in [0.2, 0.25) is 0 Å². The molecule has 3 rings (SSSR count). The summed E-state index contributed by atoms with van der Waals surface area (Å²) < 4.78 is 2.07. The van der Waals surface area contributed by atoms with Gasteiger partial charge >= 0.3 is 0 Å². The van der Waals surface area contributed by atoms with E-state index in [2.05, 4.69) is 73.6 Å². The van der Waals surface area contributed by atoms with Gasteiger partial charge in [0.25, 0.3) is 0 Å². The van der Waals surface area contributed by atoms with Crippen molar-refractivity contribution in [3.05, 3.63) is 76.5 Å². The predicted molar refractivity (Wildman–Crippen MR) is 109 cm³/mol. The molecule has 0 saturated carbocycles. The van der Waals surface area contributed by atoms with Crippen LogP contribution in [0.5, 0.6) is 0 Å². The zero-order valence-electron chi connectivity index (χ0n) is 15.3. The third-order valence-corrected chi connectivity index (χ3v) is 5.18. The van der Waals surface area contributed by atoms with E-state index < -0.39 is 0 Å². The van der Waals surface area contributed by atoms with Gasteiger partial charge in [-0.1, -0.05) is 30.3 Å². The summed E-state index contributed by atoms with van der Waals surface area (Å²) in [6.07, 6.45) is 6.66. The highest BCUT2D eigenvalue weighted by Crippen LogP contribution is 2.10. The van der Waals surface area contributed by atoms with E-state index >= 15 is 0 Å². The minimum absolute atomic E-state index is 0.765. The molecule has 136 valence electrons. The summed E-state index contributed by atoms with van der Waals surface area (Å²) in [4.78, 5) is 12.0. The summed E-state index contributed by atoms with van der Waals surface area (Å²) in [5.74, 6) is 0.920. The maximum Gasteiger partial charge on any atom is 0.193 e. The molecule has 26 heavy (non-hydrogen) atoms. The fourth-order valence-electron chi connectivity index (χ4n) is 2.76. The minimum Gasteiger partial charge on any atom is -0.352 e. The van der Waals surface area contributed by atoms with Crippen molar-refractivity contribution in [3.8, 4) is 0 Å². The highest BCUT2D eigenvalue weighted by molar-refractivity contribution is 7.09. The zero-order valence-corrected chi connectivity index (χ0v) is 16.1. The first-order chi connectivity index (χ1) is 12.7. The number of hydrogen-bond donors (Lipinski definition) is 1. The van der Waals surface area contributed by atoms with Crippen LogP contribution in [0.3, 0.4) is 0 Å². The fraction of sp³-hybridized carbons (Fsp3) is 0.300. The second-order valence-electron chi connectivity index (χ2n) is 6.20. The highest BCUT2D eigenvalue weighted by Gasteiger charge is 2.06. The lowest BCUT2D eigenvalue weighted by Gasteiger charge is -2.22. The van der Waals surface area contributed by atoms with E-state index in [0.717, 1.165) is 32.0 Å². The van der Waals surface area contributed by atoms with Crippen molar-refractivity contribution < 1.29 is 0 Å². The lowest BCUT2D eigenvalue weighted by molar-refractivity contribution is 0.486. The average Bonchev–Trinajstić information content (AvgIpc) is 3.35. The molecule has 0 saturated heterocycles. The molecular formula is C20H25N5S. The molecule has 0 atom stereocenters.